The van der Waals surface area contributed by atoms with E-state index in [4.69, 9.17) is 14.2 Å². The second kappa shape index (κ2) is 12.0. The van der Waals surface area contributed by atoms with Gasteiger partial charge in [0, 0.05) is 39.0 Å². The highest BCUT2D eigenvalue weighted by Crippen LogP contribution is 2.31. The summed E-state index contributed by atoms with van der Waals surface area (Å²) < 4.78 is 16.7. The number of hydrogen-bond acceptors (Lipinski definition) is 7. The summed E-state index contributed by atoms with van der Waals surface area (Å²) in [5.74, 6) is 0. The van der Waals surface area contributed by atoms with Gasteiger partial charge in [-0.2, -0.15) is 0 Å². The fraction of sp³-hybridized carbons (Fsp3) is 1.00. The molecule has 3 rings (SSSR count). The van der Waals surface area contributed by atoms with Crippen LogP contribution in [0.3, 0.4) is 0 Å². The van der Waals surface area contributed by atoms with Gasteiger partial charge in [0.1, 0.15) is 12.2 Å². The molecule has 7 nitrogen and oxygen atoms in total. The molecule has 26 heavy (non-hydrogen) atoms. The zero-order valence-electron chi connectivity index (χ0n) is 15.4. The van der Waals surface area contributed by atoms with E-state index < -0.39 is 12.2 Å². The van der Waals surface area contributed by atoms with Crippen molar-refractivity contribution in [3.63, 3.8) is 0 Å². The summed E-state index contributed by atoms with van der Waals surface area (Å²) in [7, 11) is 1.72. The topological polar surface area (TPSA) is 83.4 Å². The number of ether oxygens (including phenoxy) is 3. The van der Waals surface area contributed by atoms with Crippen molar-refractivity contribution >= 4 is 24.8 Å². The van der Waals surface area contributed by atoms with Gasteiger partial charge in [-0.05, 0) is 32.2 Å². The highest BCUT2D eigenvalue weighted by Gasteiger charge is 2.48. The van der Waals surface area contributed by atoms with Crippen molar-refractivity contribution in [2.45, 2.75) is 62.1 Å². The first kappa shape index (κ1) is 24.3. The fourth-order valence-electron chi connectivity index (χ4n) is 4.36. The van der Waals surface area contributed by atoms with E-state index in [0.717, 1.165) is 45.4 Å². The zero-order valence-corrected chi connectivity index (χ0v) is 17.1. The minimum atomic E-state index is -0.658. The number of methoxy groups -OCH3 is 1. The van der Waals surface area contributed by atoms with Gasteiger partial charge in [-0.1, -0.05) is 0 Å². The van der Waals surface area contributed by atoms with Crippen LogP contribution in [0.1, 0.15) is 25.7 Å². The average molecular weight is 417 g/mol. The molecule has 0 bridgehead atoms. The molecule has 156 valence electrons. The average Bonchev–Trinajstić information content (AvgIpc) is 3.18. The Morgan fingerprint density at radius 2 is 1.88 bits per heavy atom. The van der Waals surface area contributed by atoms with Crippen molar-refractivity contribution in [1.82, 2.24) is 10.2 Å². The van der Waals surface area contributed by atoms with Crippen molar-refractivity contribution in [3.8, 4) is 0 Å². The second-order valence-electron chi connectivity index (χ2n) is 7.16. The minimum Gasteiger partial charge on any atom is -0.394 e. The van der Waals surface area contributed by atoms with Crippen LogP contribution in [0.25, 0.3) is 0 Å². The summed E-state index contributed by atoms with van der Waals surface area (Å²) in [5.41, 5.74) is 0. The van der Waals surface area contributed by atoms with E-state index in [1.165, 1.54) is 0 Å². The summed E-state index contributed by atoms with van der Waals surface area (Å²) >= 11 is 0. The molecule has 5 atom stereocenters. The van der Waals surface area contributed by atoms with Crippen LogP contribution in [0.4, 0.5) is 0 Å². The quantitative estimate of drug-likeness (QED) is 0.546. The third-order valence-corrected chi connectivity index (χ3v) is 5.63. The molecule has 0 unspecified atom stereocenters. The number of likely N-dealkylation sites (tertiary alicyclic amines) is 1. The molecule has 0 aliphatic carbocycles. The van der Waals surface area contributed by atoms with Crippen LogP contribution in [-0.2, 0) is 14.2 Å². The number of hydrogen-bond donors (Lipinski definition) is 3. The summed E-state index contributed by atoms with van der Waals surface area (Å²) in [6, 6.07) is 0.681. The van der Waals surface area contributed by atoms with Crippen LogP contribution in [-0.4, -0.2) is 98.2 Å². The van der Waals surface area contributed by atoms with Crippen LogP contribution in [0.2, 0.25) is 0 Å². The Morgan fingerprint density at radius 1 is 1.15 bits per heavy atom. The summed E-state index contributed by atoms with van der Waals surface area (Å²) in [5, 5.41) is 23.8. The number of rotatable bonds is 7. The first-order valence-corrected chi connectivity index (χ1v) is 9.24. The SMILES string of the molecule is COC[C@H]1CCCN1[C@@H]1[C@H](O)[C@H](CO)O[C@@H]1CNC1CCOCC1.Cl.Cl. The van der Waals surface area contributed by atoms with E-state index in [-0.39, 0.29) is 43.6 Å². The predicted molar refractivity (Wildman–Crippen MR) is 103 cm³/mol. The zero-order chi connectivity index (χ0) is 16.9. The summed E-state index contributed by atoms with van der Waals surface area (Å²) in [4.78, 5) is 2.33. The van der Waals surface area contributed by atoms with Gasteiger partial charge >= 0.3 is 0 Å². The molecule has 3 saturated heterocycles. The Hall–Kier alpha value is 0.300. The minimum absolute atomic E-state index is 0. The third-order valence-electron chi connectivity index (χ3n) is 5.63. The lowest BCUT2D eigenvalue weighted by molar-refractivity contribution is -0.0230. The van der Waals surface area contributed by atoms with Crippen molar-refractivity contribution in [3.05, 3.63) is 0 Å². The molecule has 0 aromatic heterocycles. The number of aliphatic hydroxyl groups excluding tert-OH is 2. The molecule has 9 heteroatoms. The van der Waals surface area contributed by atoms with E-state index in [0.29, 0.717) is 25.2 Å². The van der Waals surface area contributed by atoms with Crippen molar-refractivity contribution < 1.29 is 24.4 Å². The molecule has 3 aliphatic rings. The Kier molecular flexibility index (Phi) is 11.2. The third kappa shape index (κ3) is 5.65. The highest BCUT2D eigenvalue weighted by molar-refractivity contribution is 5.85. The Bertz CT molecular complexity index is 390. The Balaban J connectivity index is 0.00000169. The van der Waals surface area contributed by atoms with Crippen LogP contribution in [0, 0.1) is 0 Å². The van der Waals surface area contributed by atoms with E-state index >= 15 is 0 Å². The number of nitrogens with zero attached hydrogens (tertiary/aromatic N) is 1. The van der Waals surface area contributed by atoms with Gasteiger partial charge in [0.2, 0.25) is 0 Å². The second-order valence-corrected chi connectivity index (χ2v) is 7.16. The van der Waals surface area contributed by atoms with E-state index in [1.54, 1.807) is 7.11 Å². The molecule has 0 spiro atoms. The first-order valence-electron chi connectivity index (χ1n) is 9.24. The Morgan fingerprint density at radius 3 is 2.54 bits per heavy atom. The maximum absolute atomic E-state index is 10.7. The van der Waals surface area contributed by atoms with Gasteiger partial charge in [0.25, 0.3) is 0 Å². The van der Waals surface area contributed by atoms with Crippen molar-refractivity contribution in [1.29, 1.82) is 0 Å². The van der Waals surface area contributed by atoms with Crippen LogP contribution < -0.4 is 5.32 Å². The van der Waals surface area contributed by atoms with Gasteiger partial charge in [0.05, 0.1) is 25.4 Å². The molecule has 0 aromatic carbocycles. The molecular formula is C17H34Cl2N2O5. The highest BCUT2D eigenvalue weighted by atomic mass is 35.5. The molecule has 3 fully saturated rings. The molecule has 0 saturated carbocycles. The predicted octanol–water partition coefficient (Wildman–Crippen LogP) is 0.199. The van der Waals surface area contributed by atoms with Crippen LogP contribution >= 0.6 is 24.8 Å². The van der Waals surface area contributed by atoms with E-state index in [9.17, 15) is 10.2 Å². The lowest BCUT2D eigenvalue weighted by Gasteiger charge is -2.35. The molecule has 3 heterocycles. The molecule has 0 aromatic rings. The fourth-order valence-corrected chi connectivity index (χ4v) is 4.36. The van der Waals surface area contributed by atoms with Crippen LogP contribution in [0.15, 0.2) is 0 Å². The smallest absolute Gasteiger partial charge is 0.109 e. The molecule has 0 radical (unpaired) electrons. The van der Waals surface area contributed by atoms with Crippen LogP contribution in [0.5, 0.6) is 0 Å². The van der Waals surface area contributed by atoms with Gasteiger partial charge in [-0.25, -0.2) is 0 Å². The van der Waals surface area contributed by atoms with Gasteiger partial charge in [-0.3, -0.25) is 4.90 Å². The van der Waals surface area contributed by atoms with Crippen molar-refractivity contribution in [2.24, 2.45) is 0 Å². The van der Waals surface area contributed by atoms with E-state index in [1.807, 2.05) is 0 Å². The monoisotopic (exact) mass is 416 g/mol. The molecule has 3 N–H and O–H groups in total. The first-order chi connectivity index (χ1) is 11.7. The largest absolute Gasteiger partial charge is 0.394 e. The Labute approximate surface area is 168 Å². The summed E-state index contributed by atoms with van der Waals surface area (Å²) in [6.45, 7) is 3.78. The van der Waals surface area contributed by atoms with Gasteiger partial charge in [-0.15, -0.1) is 24.8 Å². The lowest BCUT2D eigenvalue weighted by Crippen LogP contribution is -2.54. The standard InChI is InChI=1S/C17H32N2O5.2ClH/c1-22-11-13-3-2-6-19(13)16-14(24-15(10-20)17(16)21)9-18-12-4-7-23-8-5-12;;/h12-18,20-21H,2-11H2,1H3;2*1H/t13-,14-,15+,16+,17-;;/m1../s1. The van der Waals surface area contributed by atoms with Gasteiger partial charge < -0.3 is 29.7 Å². The maximum atomic E-state index is 10.7. The van der Waals surface area contributed by atoms with Crippen molar-refractivity contribution in [2.75, 3.05) is 46.6 Å². The number of nitrogens with one attached hydrogen (secondary N) is 1. The summed E-state index contributed by atoms with van der Waals surface area (Å²) in [6.07, 6.45) is 2.95. The molecule has 3 aliphatic heterocycles. The molecule has 0 amide bonds. The number of aliphatic hydroxyl groups is 2. The lowest BCUT2D eigenvalue weighted by atomic mass is 10.0. The molecular weight excluding hydrogens is 383 g/mol. The normalized spacial score (nSPS) is 35.9. The maximum Gasteiger partial charge on any atom is 0.109 e. The van der Waals surface area contributed by atoms with Gasteiger partial charge in [0.15, 0.2) is 0 Å². The number of halogens is 2. The van der Waals surface area contributed by atoms with E-state index in [2.05, 4.69) is 10.2 Å².